The van der Waals surface area contributed by atoms with Crippen LogP contribution in [0.3, 0.4) is 0 Å². The minimum Gasteiger partial charge on any atom is -0.309 e. The predicted octanol–water partition coefficient (Wildman–Crippen LogP) is 20.6. The molecule has 0 amide bonds. The van der Waals surface area contributed by atoms with Crippen LogP contribution in [0.1, 0.15) is 33.4 Å². The van der Waals surface area contributed by atoms with E-state index < -0.39 is 10.8 Å². The third kappa shape index (κ3) is 6.42. The second-order valence-electron chi connectivity index (χ2n) is 21.4. The second-order valence-corrected chi connectivity index (χ2v) is 21.4. The summed E-state index contributed by atoms with van der Waals surface area (Å²) in [7, 11) is 0. The maximum absolute atomic E-state index is 2.61. The van der Waals surface area contributed by atoms with Gasteiger partial charge in [0.2, 0.25) is 0 Å². The lowest BCUT2D eigenvalue weighted by molar-refractivity contribution is 0.438. The third-order valence-electron chi connectivity index (χ3n) is 17.6. The first kappa shape index (κ1) is 45.9. The highest BCUT2D eigenvalue weighted by Gasteiger charge is 2.65. The van der Waals surface area contributed by atoms with Gasteiger partial charge in [0.05, 0.1) is 33.6 Å². The van der Waals surface area contributed by atoms with Gasteiger partial charge in [-0.25, -0.2) is 0 Å². The van der Waals surface area contributed by atoms with E-state index in [9.17, 15) is 0 Å². The SMILES string of the molecule is c1ccc(N(c2cccc3ccccc23)c2cc3c(c4ccccc24)-c2ccccc2C3(c2ccccc2)C2(c3ccccc3)c3ccccc3-c3c2cc(N(c2ccccc2)c2cccc4ccccc24)c2ccccc32)cc1. The molecule has 2 aliphatic carbocycles. The molecule has 2 nitrogen and oxygen atoms in total. The molecule has 0 N–H and O–H groups in total. The van der Waals surface area contributed by atoms with Gasteiger partial charge in [-0.3, -0.25) is 0 Å². The van der Waals surface area contributed by atoms with Gasteiger partial charge in [0.25, 0.3) is 0 Å². The summed E-state index contributed by atoms with van der Waals surface area (Å²) in [6.07, 6.45) is 0. The van der Waals surface area contributed by atoms with E-state index in [4.69, 9.17) is 0 Å². The van der Waals surface area contributed by atoms with Crippen molar-refractivity contribution in [2.45, 2.75) is 10.8 Å². The van der Waals surface area contributed by atoms with E-state index in [2.05, 4.69) is 325 Å². The maximum atomic E-state index is 2.61. The molecule has 0 bridgehead atoms. The highest BCUT2D eigenvalue weighted by atomic mass is 15.2. The highest BCUT2D eigenvalue weighted by Crippen LogP contribution is 2.72. The van der Waals surface area contributed by atoms with E-state index in [0.717, 1.165) is 34.1 Å². The van der Waals surface area contributed by atoms with Crippen LogP contribution < -0.4 is 9.80 Å². The van der Waals surface area contributed by atoms with E-state index in [0.29, 0.717) is 0 Å². The van der Waals surface area contributed by atoms with Gasteiger partial charge < -0.3 is 9.80 Å². The van der Waals surface area contributed by atoms with Crippen LogP contribution in [0.15, 0.2) is 315 Å². The van der Waals surface area contributed by atoms with Crippen molar-refractivity contribution >= 4 is 77.2 Å². The van der Waals surface area contributed by atoms with Gasteiger partial charge in [-0.2, -0.15) is 0 Å². The molecule has 0 saturated carbocycles. The first-order valence-corrected chi connectivity index (χ1v) is 27.8. The Morgan fingerprint density at radius 2 is 0.525 bits per heavy atom. The molecule has 0 radical (unpaired) electrons. The van der Waals surface area contributed by atoms with E-state index in [1.54, 1.807) is 0 Å². The number of anilines is 6. The Labute approximate surface area is 466 Å². The normalized spacial score (nSPS) is 15.8. The predicted molar refractivity (Wildman–Crippen MR) is 336 cm³/mol. The molecule has 0 fully saturated rings. The zero-order valence-corrected chi connectivity index (χ0v) is 43.9. The van der Waals surface area contributed by atoms with Crippen LogP contribution in [0, 0.1) is 0 Å². The van der Waals surface area contributed by atoms with E-state index in [-0.39, 0.29) is 0 Å². The molecule has 0 aromatic heterocycles. The van der Waals surface area contributed by atoms with Crippen molar-refractivity contribution in [1.82, 2.24) is 0 Å². The third-order valence-corrected chi connectivity index (χ3v) is 17.6. The van der Waals surface area contributed by atoms with Crippen molar-refractivity contribution in [2.24, 2.45) is 0 Å². The molecule has 16 rings (SSSR count). The molecule has 14 aromatic rings. The van der Waals surface area contributed by atoms with E-state index in [1.807, 2.05) is 0 Å². The van der Waals surface area contributed by atoms with Crippen LogP contribution in [0.4, 0.5) is 34.1 Å². The molecule has 0 aliphatic heterocycles. The highest BCUT2D eigenvalue weighted by molar-refractivity contribution is 6.16. The molecule has 0 heterocycles. The van der Waals surface area contributed by atoms with Crippen LogP contribution in [-0.4, -0.2) is 0 Å². The summed E-state index contributed by atoms with van der Waals surface area (Å²) in [5.41, 5.74) is 17.4. The van der Waals surface area contributed by atoms with Crippen molar-refractivity contribution < 1.29 is 0 Å². The van der Waals surface area contributed by atoms with Crippen molar-refractivity contribution in [3.63, 3.8) is 0 Å². The van der Waals surface area contributed by atoms with Crippen LogP contribution in [0.25, 0.3) is 65.3 Å². The van der Waals surface area contributed by atoms with Crippen LogP contribution in [-0.2, 0) is 10.8 Å². The minimum absolute atomic E-state index is 0.903. The average molecular weight is 1020 g/mol. The summed E-state index contributed by atoms with van der Waals surface area (Å²) in [5.74, 6) is 0. The number of nitrogens with zero attached hydrogens (tertiary/aromatic N) is 2. The monoisotopic (exact) mass is 1020 g/mol. The minimum atomic E-state index is -0.903. The lowest BCUT2D eigenvalue weighted by Gasteiger charge is -2.51. The van der Waals surface area contributed by atoms with E-state index in [1.165, 1.54) is 98.7 Å². The molecular formula is C78H52N2. The number of hydrogen-bond donors (Lipinski definition) is 0. The van der Waals surface area contributed by atoms with Gasteiger partial charge in [-0.15, -0.1) is 0 Å². The van der Waals surface area contributed by atoms with Gasteiger partial charge in [0.1, 0.15) is 0 Å². The number of hydrogen-bond acceptors (Lipinski definition) is 2. The number of para-hydroxylation sites is 2. The van der Waals surface area contributed by atoms with Gasteiger partial charge >= 0.3 is 0 Å². The summed E-state index contributed by atoms with van der Waals surface area (Å²) < 4.78 is 0. The van der Waals surface area contributed by atoms with Crippen molar-refractivity contribution in [1.29, 1.82) is 0 Å². The van der Waals surface area contributed by atoms with Crippen LogP contribution >= 0.6 is 0 Å². The molecule has 0 spiro atoms. The largest absolute Gasteiger partial charge is 0.309 e. The summed E-state index contributed by atoms with van der Waals surface area (Å²) in [6.45, 7) is 0. The zero-order valence-electron chi connectivity index (χ0n) is 43.9. The Kier molecular flexibility index (Phi) is 10.4. The summed E-state index contributed by atoms with van der Waals surface area (Å²) in [5, 5.41) is 9.57. The second kappa shape index (κ2) is 18.2. The Morgan fingerprint density at radius 1 is 0.212 bits per heavy atom. The molecule has 2 unspecified atom stereocenters. The van der Waals surface area contributed by atoms with Gasteiger partial charge in [-0.1, -0.05) is 267 Å². The Morgan fingerprint density at radius 3 is 0.938 bits per heavy atom. The Balaban J connectivity index is 1.12. The molecule has 2 aliphatic rings. The van der Waals surface area contributed by atoms with Crippen LogP contribution in [0.5, 0.6) is 0 Å². The quantitative estimate of drug-likeness (QED) is 0.142. The van der Waals surface area contributed by atoms with Crippen molar-refractivity contribution in [2.75, 3.05) is 9.80 Å². The fourth-order valence-corrected chi connectivity index (χ4v) is 14.6. The molecule has 80 heavy (non-hydrogen) atoms. The number of fused-ring (bicyclic) bond motifs is 12. The topological polar surface area (TPSA) is 6.48 Å². The van der Waals surface area contributed by atoms with E-state index >= 15 is 0 Å². The van der Waals surface area contributed by atoms with Gasteiger partial charge in [0.15, 0.2) is 0 Å². The molecule has 14 aromatic carbocycles. The first-order valence-electron chi connectivity index (χ1n) is 27.8. The lowest BCUT2D eigenvalue weighted by atomic mass is 9.49. The fourth-order valence-electron chi connectivity index (χ4n) is 14.6. The molecule has 374 valence electrons. The van der Waals surface area contributed by atoms with Crippen LogP contribution in [0.2, 0.25) is 0 Å². The Hall–Kier alpha value is -10.3. The molecule has 2 heteroatoms. The number of benzene rings is 14. The summed E-state index contributed by atoms with van der Waals surface area (Å²) in [4.78, 5) is 5.06. The Bertz CT molecular complexity index is 4410. The number of rotatable bonds is 9. The summed E-state index contributed by atoms with van der Waals surface area (Å²) in [6, 6.07) is 118. The molecule has 2 atom stereocenters. The van der Waals surface area contributed by atoms with Crippen molar-refractivity contribution in [3.8, 4) is 22.3 Å². The zero-order chi connectivity index (χ0) is 52.8. The first-order chi connectivity index (χ1) is 39.7. The van der Waals surface area contributed by atoms with Crippen molar-refractivity contribution in [3.05, 3.63) is 349 Å². The maximum Gasteiger partial charge on any atom is 0.0642 e. The van der Waals surface area contributed by atoms with Gasteiger partial charge in [-0.05, 0) is 126 Å². The molecular weight excluding hydrogens is 965 g/mol. The molecule has 0 saturated heterocycles. The standard InChI is InChI=1S/C78H52N2/c1-5-31-55(32-6-1)77(67-47-23-21-45-65(67)75-63-43-19-17-41-61(63)73(51-69(75)77)79(57-35-9-3-10-36-57)71-49-25-29-53-27-13-15-39-59(53)71)78(56-33-7-2-8-34-56)68-48-24-22-46-66(68)76-64-44-20-18-42-62(64)74(52-70(76)78)80(58-37-11-4-12-38-58)72-50-26-30-54-28-14-16-40-60(54)72/h1-52H. The summed E-state index contributed by atoms with van der Waals surface area (Å²) >= 11 is 0. The van der Waals surface area contributed by atoms with Gasteiger partial charge in [0, 0.05) is 32.9 Å². The smallest absolute Gasteiger partial charge is 0.0642 e. The lowest BCUT2D eigenvalue weighted by Crippen LogP contribution is -2.50. The average Bonchev–Trinajstić information content (AvgIpc) is 2.05. The fraction of sp³-hybridized carbons (Fsp3) is 0.0256.